The van der Waals surface area contributed by atoms with E-state index in [1.807, 2.05) is 31.2 Å². The first-order chi connectivity index (χ1) is 11.7. The summed E-state index contributed by atoms with van der Waals surface area (Å²) in [6.45, 7) is 4.79. The van der Waals surface area contributed by atoms with Crippen LogP contribution in [0.15, 0.2) is 59.8 Å². The van der Waals surface area contributed by atoms with Gasteiger partial charge in [0.25, 0.3) is 0 Å². The summed E-state index contributed by atoms with van der Waals surface area (Å²) < 4.78 is 0. The van der Waals surface area contributed by atoms with Crippen LogP contribution in [0.3, 0.4) is 0 Å². The highest BCUT2D eigenvalue weighted by Gasteiger charge is 2.16. The summed E-state index contributed by atoms with van der Waals surface area (Å²) in [5, 5.41) is 4.07. The Balaban J connectivity index is 1.49. The Kier molecular flexibility index (Phi) is 5.39. The molecule has 0 atom stereocenters. The summed E-state index contributed by atoms with van der Waals surface area (Å²) in [6, 6.07) is 17.8. The molecule has 4 heteroatoms. The van der Waals surface area contributed by atoms with Gasteiger partial charge in [-0.3, -0.25) is 4.90 Å². The Morgan fingerprint density at radius 2 is 1.83 bits per heavy atom. The van der Waals surface area contributed by atoms with Crippen LogP contribution in [0.25, 0.3) is 0 Å². The van der Waals surface area contributed by atoms with Crippen LogP contribution in [-0.2, 0) is 11.4 Å². The Morgan fingerprint density at radius 1 is 1.08 bits per heavy atom. The van der Waals surface area contributed by atoms with E-state index >= 15 is 0 Å². The molecule has 1 saturated heterocycles. The lowest BCUT2D eigenvalue weighted by molar-refractivity contribution is 0.0512. The van der Waals surface area contributed by atoms with Gasteiger partial charge < -0.3 is 4.84 Å². The van der Waals surface area contributed by atoms with Crippen molar-refractivity contribution in [1.82, 2.24) is 4.90 Å². The zero-order valence-corrected chi connectivity index (χ0v) is 13.9. The number of likely N-dealkylation sites (tertiary alicyclic amines) is 1. The third-order valence-corrected chi connectivity index (χ3v) is 4.19. The molecular formula is C20H22N2O2. The molecule has 0 radical (unpaired) electrons. The number of rotatable bonds is 4. The van der Waals surface area contributed by atoms with Crippen molar-refractivity contribution in [2.75, 3.05) is 13.1 Å². The molecule has 0 spiro atoms. The number of oxime groups is 1. The number of hydrogen-bond donors (Lipinski definition) is 0. The maximum atomic E-state index is 12.0. The molecule has 0 aliphatic carbocycles. The minimum Gasteiger partial charge on any atom is -0.313 e. The van der Waals surface area contributed by atoms with Crippen LogP contribution in [0.1, 0.15) is 34.3 Å². The SMILES string of the molecule is Cc1cccc(C(=O)ON=C2CCN(Cc3ccccc3)CC2)c1. The van der Waals surface area contributed by atoms with E-state index in [9.17, 15) is 4.79 Å². The van der Waals surface area contributed by atoms with Crippen LogP contribution < -0.4 is 0 Å². The largest absolute Gasteiger partial charge is 0.365 e. The van der Waals surface area contributed by atoms with E-state index in [-0.39, 0.29) is 0 Å². The minimum atomic E-state index is -0.391. The van der Waals surface area contributed by atoms with Crippen LogP contribution in [0.5, 0.6) is 0 Å². The number of carbonyl (C=O) groups excluding carboxylic acids is 1. The van der Waals surface area contributed by atoms with E-state index in [0.29, 0.717) is 5.56 Å². The number of benzene rings is 2. The molecule has 0 N–H and O–H groups in total. The van der Waals surface area contributed by atoms with Crippen molar-refractivity contribution in [2.24, 2.45) is 5.16 Å². The summed E-state index contributed by atoms with van der Waals surface area (Å²) in [6.07, 6.45) is 1.68. The third kappa shape index (κ3) is 4.52. The quantitative estimate of drug-likeness (QED) is 0.635. The van der Waals surface area contributed by atoms with Crippen molar-refractivity contribution >= 4 is 11.7 Å². The van der Waals surface area contributed by atoms with Crippen molar-refractivity contribution in [3.63, 3.8) is 0 Å². The van der Waals surface area contributed by atoms with Gasteiger partial charge in [-0.1, -0.05) is 53.2 Å². The Labute approximate surface area is 142 Å². The average molecular weight is 322 g/mol. The third-order valence-electron chi connectivity index (χ3n) is 4.19. The van der Waals surface area contributed by atoms with Crippen molar-refractivity contribution < 1.29 is 9.63 Å². The maximum Gasteiger partial charge on any atom is 0.365 e. The van der Waals surface area contributed by atoms with Crippen molar-refractivity contribution in [3.8, 4) is 0 Å². The van der Waals surface area contributed by atoms with Crippen LogP contribution in [0.4, 0.5) is 0 Å². The van der Waals surface area contributed by atoms with E-state index in [1.165, 1.54) is 5.56 Å². The second-order valence-corrected chi connectivity index (χ2v) is 6.17. The van der Waals surface area contributed by atoms with E-state index < -0.39 is 5.97 Å². The molecule has 1 fully saturated rings. The lowest BCUT2D eigenvalue weighted by Crippen LogP contribution is -2.33. The number of piperidine rings is 1. The molecule has 124 valence electrons. The van der Waals surface area contributed by atoms with Gasteiger partial charge in [-0.15, -0.1) is 0 Å². The van der Waals surface area contributed by atoms with Crippen molar-refractivity contribution in [3.05, 3.63) is 71.3 Å². The van der Waals surface area contributed by atoms with E-state index in [2.05, 4.69) is 34.3 Å². The van der Waals surface area contributed by atoms with Crippen LogP contribution >= 0.6 is 0 Å². The molecule has 0 aromatic heterocycles. The second kappa shape index (κ2) is 7.88. The molecule has 1 aliphatic heterocycles. The first-order valence-electron chi connectivity index (χ1n) is 8.31. The highest BCUT2D eigenvalue weighted by atomic mass is 16.7. The van der Waals surface area contributed by atoms with Gasteiger partial charge >= 0.3 is 5.97 Å². The van der Waals surface area contributed by atoms with Crippen molar-refractivity contribution in [2.45, 2.75) is 26.3 Å². The van der Waals surface area contributed by atoms with Gasteiger partial charge in [0.15, 0.2) is 0 Å². The van der Waals surface area contributed by atoms with Crippen LogP contribution in [-0.4, -0.2) is 29.7 Å². The average Bonchev–Trinajstić information content (AvgIpc) is 2.62. The summed E-state index contributed by atoms with van der Waals surface area (Å²) in [7, 11) is 0. The van der Waals surface area contributed by atoms with Crippen LogP contribution in [0, 0.1) is 6.92 Å². The van der Waals surface area contributed by atoms with Gasteiger partial charge in [0.2, 0.25) is 0 Å². The molecule has 0 unspecified atom stereocenters. The summed E-state index contributed by atoms with van der Waals surface area (Å²) in [4.78, 5) is 19.5. The lowest BCUT2D eigenvalue weighted by Gasteiger charge is -2.27. The van der Waals surface area contributed by atoms with E-state index in [4.69, 9.17) is 4.84 Å². The Bertz CT molecular complexity index is 715. The van der Waals surface area contributed by atoms with E-state index in [0.717, 1.165) is 43.8 Å². The highest BCUT2D eigenvalue weighted by molar-refractivity contribution is 5.91. The van der Waals surface area contributed by atoms with Gasteiger partial charge in [0.1, 0.15) is 0 Å². The van der Waals surface area contributed by atoms with Gasteiger partial charge in [0, 0.05) is 32.5 Å². The standard InChI is InChI=1S/C20H22N2O2/c1-16-6-5-9-18(14-16)20(23)24-21-19-10-12-22(13-11-19)15-17-7-3-2-4-8-17/h2-9,14H,10-13,15H2,1H3. The predicted octanol–water partition coefficient (Wildman–Crippen LogP) is 3.80. The smallest absolute Gasteiger partial charge is 0.313 e. The summed E-state index contributed by atoms with van der Waals surface area (Å²) in [5.74, 6) is -0.391. The monoisotopic (exact) mass is 322 g/mol. The summed E-state index contributed by atoms with van der Waals surface area (Å²) in [5.41, 5.74) is 3.86. The first kappa shape index (κ1) is 16.4. The first-order valence-corrected chi connectivity index (χ1v) is 8.31. The molecule has 0 saturated carbocycles. The topological polar surface area (TPSA) is 41.9 Å². The fourth-order valence-electron chi connectivity index (χ4n) is 2.83. The molecule has 0 amide bonds. The van der Waals surface area contributed by atoms with Gasteiger partial charge in [-0.25, -0.2) is 4.79 Å². The lowest BCUT2D eigenvalue weighted by atomic mass is 10.1. The number of carbonyl (C=O) groups is 1. The zero-order valence-electron chi connectivity index (χ0n) is 13.9. The minimum absolute atomic E-state index is 0.391. The molecule has 1 heterocycles. The number of aryl methyl sites for hydroxylation is 1. The zero-order chi connectivity index (χ0) is 16.8. The molecule has 2 aromatic carbocycles. The second-order valence-electron chi connectivity index (χ2n) is 6.17. The molecule has 2 aromatic rings. The Hall–Kier alpha value is -2.46. The van der Waals surface area contributed by atoms with Gasteiger partial charge in [-0.05, 0) is 24.6 Å². The highest BCUT2D eigenvalue weighted by Crippen LogP contribution is 2.13. The molecule has 1 aliphatic rings. The van der Waals surface area contributed by atoms with Crippen molar-refractivity contribution in [1.29, 1.82) is 0 Å². The number of nitrogens with zero attached hydrogens (tertiary/aromatic N) is 2. The van der Waals surface area contributed by atoms with Gasteiger partial charge in [-0.2, -0.15) is 0 Å². The molecule has 3 rings (SSSR count). The van der Waals surface area contributed by atoms with Gasteiger partial charge in [0.05, 0.1) is 11.3 Å². The molecular weight excluding hydrogens is 300 g/mol. The normalized spacial score (nSPS) is 15.1. The molecule has 24 heavy (non-hydrogen) atoms. The van der Waals surface area contributed by atoms with Crippen LogP contribution in [0.2, 0.25) is 0 Å². The Morgan fingerprint density at radius 3 is 2.54 bits per heavy atom. The molecule has 4 nitrogen and oxygen atoms in total. The predicted molar refractivity (Wildman–Crippen MR) is 95.0 cm³/mol. The fraction of sp³-hybridized carbons (Fsp3) is 0.300. The maximum absolute atomic E-state index is 12.0. The number of hydrogen-bond acceptors (Lipinski definition) is 4. The van der Waals surface area contributed by atoms with E-state index in [1.54, 1.807) is 6.07 Å². The summed E-state index contributed by atoms with van der Waals surface area (Å²) >= 11 is 0. The fourth-order valence-corrected chi connectivity index (χ4v) is 2.83. The molecule has 0 bridgehead atoms.